The van der Waals surface area contributed by atoms with Crippen LogP contribution in [0.1, 0.15) is 38.7 Å². The molecule has 0 bridgehead atoms. The van der Waals surface area contributed by atoms with E-state index in [0.29, 0.717) is 5.92 Å². The van der Waals surface area contributed by atoms with E-state index in [2.05, 4.69) is 60.9 Å². The van der Waals surface area contributed by atoms with E-state index >= 15 is 0 Å². The molecule has 1 aromatic rings. The van der Waals surface area contributed by atoms with Gasteiger partial charge in [-0.05, 0) is 44.7 Å². The van der Waals surface area contributed by atoms with Crippen molar-refractivity contribution in [3.05, 3.63) is 35.9 Å². The standard InChI is InChI=1S/C18H33N3/c1-4-20(5-2)13-10-14-21(6-3)16-18(15-19)17-11-8-7-9-12-17/h7-9,11-12,18H,4-6,10,13-16,19H2,1-3H3. The van der Waals surface area contributed by atoms with Crippen molar-refractivity contribution in [2.24, 2.45) is 5.73 Å². The molecule has 3 nitrogen and oxygen atoms in total. The number of likely N-dealkylation sites (N-methyl/N-ethyl adjacent to an activating group) is 1. The van der Waals surface area contributed by atoms with Gasteiger partial charge in [-0.15, -0.1) is 0 Å². The Hall–Kier alpha value is -0.900. The molecule has 0 aromatic heterocycles. The van der Waals surface area contributed by atoms with Gasteiger partial charge in [-0.2, -0.15) is 0 Å². The highest BCUT2D eigenvalue weighted by Gasteiger charge is 2.13. The zero-order chi connectivity index (χ0) is 15.5. The molecule has 0 aliphatic carbocycles. The molecule has 1 atom stereocenters. The van der Waals surface area contributed by atoms with Crippen LogP contribution in [0.5, 0.6) is 0 Å². The monoisotopic (exact) mass is 291 g/mol. The van der Waals surface area contributed by atoms with Crippen molar-refractivity contribution >= 4 is 0 Å². The highest BCUT2D eigenvalue weighted by Crippen LogP contribution is 2.15. The van der Waals surface area contributed by atoms with Crippen molar-refractivity contribution < 1.29 is 0 Å². The van der Waals surface area contributed by atoms with E-state index in [9.17, 15) is 0 Å². The fraction of sp³-hybridized carbons (Fsp3) is 0.667. The van der Waals surface area contributed by atoms with E-state index in [1.165, 1.54) is 18.5 Å². The summed E-state index contributed by atoms with van der Waals surface area (Å²) in [5.74, 6) is 0.444. The third-order valence-corrected chi connectivity index (χ3v) is 4.32. The molecule has 0 radical (unpaired) electrons. The second kappa shape index (κ2) is 10.8. The van der Waals surface area contributed by atoms with Crippen molar-refractivity contribution in [3.8, 4) is 0 Å². The van der Waals surface area contributed by atoms with E-state index in [1.807, 2.05) is 0 Å². The van der Waals surface area contributed by atoms with Gasteiger partial charge in [0.2, 0.25) is 0 Å². The summed E-state index contributed by atoms with van der Waals surface area (Å²) in [6, 6.07) is 10.7. The van der Waals surface area contributed by atoms with Gasteiger partial charge in [-0.1, -0.05) is 51.1 Å². The summed E-state index contributed by atoms with van der Waals surface area (Å²) in [7, 11) is 0. The molecule has 0 amide bonds. The van der Waals surface area contributed by atoms with Gasteiger partial charge in [0, 0.05) is 19.0 Å². The first kappa shape index (κ1) is 18.1. The summed E-state index contributed by atoms with van der Waals surface area (Å²) in [5, 5.41) is 0. The maximum absolute atomic E-state index is 5.99. The Balaban J connectivity index is 2.44. The summed E-state index contributed by atoms with van der Waals surface area (Å²) < 4.78 is 0. The smallest absolute Gasteiger partial charge is 0.00888 e. The Morgan fingerprint density at radius 1 is 0.905 bits per heavy atom. The van der Waals surface area contributed by atoms with Crippen LogP contribution < -0.4 is 5.73 Å². The molecule has 0 saturated heterocycles. The maximum atomic E-state index is 5.99. The van der Waals surface area contributed by atoms with Crippen molar-refractivity contribution in [2.75, 3.05) is 45.8 Å². The number of nitrogens with two attached hydrogens (primary N) is 1. The second-order valence-corrected chi connectivity index (χ2v) is 5.62. The molecule has 2 N–H and O–H groups in total. The van der Waals surface area contributed by atoms with Gasteiger partial charge in [0.25, 0.3) is 0 Å². The summed E-state index contributed by atoms with van der Waals surface area (Å²) >= 11 is 0. The fourth-order valence-electron chi connectivity index (χ4n) is 2.79. The van der Waals surface area contributed by atoms with Crippen LogP contribution in [0.3, 0.4) is 0 Å². The summed E-state index contributed by atoms with van der Waals surface area (Å²) in [6.45, 7) is 14.3. The lowest BCUT2D eigenvalue weighted by Gasteiger charge is -2.27. The van der Waals surface area contributed by atoms with Crippen molar-refractivity contribution in [2.45, 2.75) is 33.1 Å². The lowest BCUT2D eigenvalue weighted by atomic mass is 9.98. The molecular weight excluding hydrogens is 258 g/mol. The highest BCUT2D eigenvalue weighted by atomic mass is 15.1. The zero-order valence-corrected chi connectivity index (χ0v) is 14.1. The minimum absolute atomic E-state index is 0.444. The van der Waals surface area contributed by atoms with E-state index in [0.717, 1.165) is 39.3 Å². The quantitative estimate of drug-likeness (QED) is 0.680. The van der Waals surface area contributed by atoms with Crippen LogP contribution in [-0.4, -0.2) is 55.6 Å². The van der Waals surface area contributed by atoms with Crippen LogP contribution in [-0.2, 0) is 0 Å². The molecule has 1 unspecified atom stereocenters. The van der Waals surface area contributed by atoms with Crippen LogP contribution in [0.25, 0.3) is 0 Å². The van der Waals surface area contributed by atoms with Crippen LogP contribution >= 0.6 is 0 Å². The van der Waals surface area contributed by atoms with Gasteiger partial charge < -0.3 is 15.5 Å². The first-order valence-corrected chi connectivity index (χ1v) is 8.44. The second-order valence-electron chi connectivity index (χ2n) is 5.62. The molecule has 0 aliphatic heterocycles. The molecule has 3 heteroatoms. The van der Waals surface area contributed by atoms with Crippen molar-refractivity contribution in [1.82, 2.24) is 9.80 Å². The van der Waals surface area contributed by atoms with E-state index in [-0.39, 0.29) is 0 Å². The molecule has 21 heavy (non-hydrogen) atoms. The minimum atomic E-state index is 0.444. The average Bonchev–Trinajstić information content (AvgIpc) is 2.55. The van der Waals surface area contributed by atoms with E-state index < -0.39 is 0 Å². The van der Waals surface area contributed by atoms with E-state index in [1.54, 1.807) is 0 Å². The summed E-state index contributed by atoms with van der Waals surface area (Å²) in [5.41, 5.74) is 7.36. The minimum Gasteiger partial charge on any atom is -0.330 e. The Kier molecular flexibility index (Phi) is 9.31. The number of hydrogen-bond donors (Lipinski definition) is 1. The molecule has 0 aliphatic rings. The van der Waals surface area contributed by atoms with Crippen LogP contribution in [0.2, 0.25) is 0 Å². The summed E-state index contributed by atoms with van der Waals surface area (Å²) in [4.78, 5) is 5.03. The molecule has 120 valence electrons. The lowest BCUT2D eigenvalue weighted by Crippen LogP contribution is -2.34. The van der Waals surface area contributed by atoms with Gasteiger partial charge in [0.1, 0.15) is 0 Å². The third kappa shape index (κ3) is 6.60. The van der Waals surface area contributed by atoms with E-state index in [4.69, 9.17) is 5.73 Å². The number of benzene rings is 1. The van der Waals surface area contributed by atoms with Crippen LogP contribution in [0, 0.1) is 0 Å². The average molecular weight is 291 g/mol. The van der Waals surface area contributed by atoms with Crippen molar-refractivity contribution in [3.63, 3.8) is 0 Å². The van der Waals surface area contributed by atoms with Gasteiger partial charge in [0.05, 0.1) is 0 Å². The maximum Gasteiger partial charge on any atom is 0.00888 e. The highest BCUT2D eigenvalue weighted by molar-refractivity contribution is 5.20. The van der Waals surface area contributed by atoms with Gasteiger partial charge in [-0.25, -0.2) is 0 Å². The Morgan fingerprint density at radius 2 is 1.48 bits per heavy atom. The Morgan fingerprint density at radius 3 is 2.00 bits per heavy atom. The molecule has 1 rings (SSSR count). The van der Waals surface area contributed by atoms with Gasteiger partial charge in [-0.3, -0.25) is 0 Å². The third-order valence-electron chi connectivity index (χ3n) is 4.32. The van der Waals surface area contributed by atoms with Crippen LogP contribution in [0.15, 0.2) is 30.3 Å². The predicted molar refractivity (Wildman–Crippen MR) is 92.8 cm³/mol. The molecular formula is C18H33N3. The first-order valence-electron chi connectivity index (χ1n) is 8.44. The Bertz CT molecular complexity index is 349. The van der Waals surface area contributed by atoms with Gasteiger partial charge >= 0.3 is 0 Å². The molecule has 0 saturated carbocycles. The van der Waals surface area contributed by atoms with Crippen molar-refractivity contribution in [1.29, 1.82) is 0 Å². The normalized spacial score (nSPS) is 13.0. The molecule has 0 spiro atoms. The number of rotatable bonds is 11. The zero-order valence-electron chi connectivity index (χ0n) is 14.1. The number of hydrogen-bond acceptors (Lipinski definition) is 3. The predicted octanol–water partition coefficient (Wildman–Crippen LogP) is 2.78. The summed E-state index contributed by atoms with van der Waals surface area (Å²) in [6.07, 6.45) is 1.24. The molecule has 1 aromatic carbocycles. The first-order chi connectivity index (χ1) is 10.2. The van der Waals surface area contributed by atoms with Crippen LogP contribution in [0.4, 0.5) is 0 Å². The molecule has 0 fully saturated rings. The number of nitrogens with zero attached hydrogens (tertiary/aromatic N) is 2. The topological polar surface area (TPSA) is 32.5 Å². The molecule has 0 heterocycles. The largest absolute Gasteiger partial charge is 0.330 e. The Labute approximate surface area is 131 Å². The SMILES string of the molecule is CCN(CC)CCCN(CC)CC(CN)c1ccccc1. The fourth-order valence-corrected chi connectivity index (χ4v) is 2.79. The lowest BCUT2D eigenvalue weighted by molar-refractivity contribution is 0.234. The van der Waals surface area contributed by atoms with Gasteiger partial charge in [0.15, 0.2) is 0 Å².